The number of amides is 5. The van der Waals surface area contributed by atoms with Crippen molar-refractivity contribution in [1.29, 1.82) is 0 Å². The Kier molecular flexibility index (Phi) is 11.4. The molecule has 1 aliphatic carbocycles. The molecular formula is C31H53N5O7. The van der Waals surface area contributed by atoms with Gasteiger partial charge in [0, 0.05) is 6.54 Å². The molecule has 2 fully saturated rings. The number of hydrogen-bond acceptors (Lipinski definition) is 7. The smallest absolute Gasteiger partial charge is 0.329 e. The van der Waals surface area contributed by atoms with E-state index in [1.807, 2.05) is 6.92 Å². The first-order chi connectivity index (χ1) is 19.5. The number of urea groups is 1. The van der Waals surface area contributed by atoms with Crippen LogP contribution in [-0.4, -0.2) is 76.7 Å². The largest absolute Gasteiger partial charge is 0.458 e. The van der Waals surface area contributed by atoms with Crippen LogP contribution in [0.4, 0.5) is 4.79 Å². The van der Waals surface area contributed by atoms with Crippen molar-refractivity contribution in [3.8, 4) is 0 Å². The first-order valence-electron chi connectivity index (χ1n) is 15.3. The fourth-order valence-corrected chi connectivity index (χ4v) is 5.42. The molecule has 1 saturated carbocycles. The number of rotatable bonds is 10. The van der Waals surface area contributed by atoms with E-state index < -0.39 is 76.1 Å². The van der Waals surface area contributed by atoms with Crippen LogP contribution < -0.4 is 21.7 Å². The SMILES string of the molecule is C[C@H]1CCN(C(=O)C(NC(=O)NC(C(=O)OC(C)(C)C)C(C)(C)C)C(C)(C)C)C1C(=O)NC(CC1CCC1)C(=O)C(N)=O. The second-order valence-corrected chi connectivity index (χ2v) is 15.3. The van der Waals surface area contributed by atoms with E-state index in [9.17, 15) is 28.8 Å². The summed E-state index contributed by atoms with van der Waals surface area (Å²) in [6, 6.07) is -4.73. The number of likely N-dealkylation sites (tertiary alicyclic amines) is 1. The monoisotopic (exact) mass is 607 g/mol. The lowest BCUT2D eigenvalue weighted by molar-refractivity contribution is -0.160. The first kappa shape index (κ1) is 36.0. The molecule has 5 amide bonds. The van der Waals surface area contributed by atoms with Crippen molar-refractivity contribution in [1.82, 2.24) is 20.9 Å². The van der Waals surface area contributed by atoms with E-state index in [1.165, 1.54) is 4.90 Å². The van der Waals surface area contributed by atoms with E-state index in [0.717, 1.165) is 19.3 Å². The maximum absolute atomic E-state index is 14.0. The molecule has 0 spiro atoms. The zero-order valence-electron chi connectivity index (χ0n) is 27.6. The Hall–Kier alpha value is -3.18. The zero-order chi connectivity index (χ0) is 33.1. The number of nitrogens with zero attached hydrogens (tertiary/aromatic N) is 1. The molecule has 244 valence electrons. The van der Waals surface area contributed by atoms with E-state index in [1.54, 1.807) is 62.3 Å². The summed E-state index contributed by atoms with van der Waals surface area (Å²) in [6.45, 7) is 18.1. The van der Waals surface area contributed by atoms with Gasteiger partial charge in [0.2, 0.25) is 17.6 Å². The van der Waals surface area contributed by atoms with Crippen LogP contribution >= 0.6 is 0 Å². The van der Waals surface area contributed by atoms with Crippen LogP contribution in [-0.2, 0) is 28.7 Å². The lowest BCUT2D eigenvalue weighted by Crippen LogP contribution is -2.62. The van der Waals surface area contributed by atoms with Gasteiger partial charge in [-0.1, -0.05) is 67.7 Å². The molecule has 4 unspecified atom stereocenters. The lowest BCUT2D eigenvalue weighted by atomic mass is 9.80. The standard InChI is InChI=1S/C31H53N5O7/c1-17-14-15-36(20(17)25(39)33-19(21(37)24(32)38)16-18-12-11-13-18)26(40)22(29(2,3)4)34-28(42)35-23(30(5,6)7)27(41)43-31(8,9)10/h17-20,22-23H,11-16H2,1-10H3,(H2,32,38)(H,33,39)(H2,34,35,42)/t17-,19?,20?,22?,23?/m0/s1. The van der Waals surface area contributed by atoms with Gasteiger partial charge in [-0.3, -0.25) is 19.2 Å². The van der Waals surface area contributed by atoms with Gasteiger partial charge in [-0.05, 0) is 56.3 Å². The molecule has 1 heterocycles. The summed E-state index contributed by atoms with van der Waals surface area (Å²) in [5, 5.41) is 8.15. The third-order valence-corrected chi connectivity index (χ3v) is 8.09. The number of primary amides is 1. The van der Waals surface area contributed by atoms with Gasteiger partial charge in [0.1, 0.15) is 23.7 Å². The molecule has 0 aromatic heterocycles. The van der Waals surface area contributed by atoms with Crippen LogP contribution in [0.15, 0.2) is 0 Å². The minimum atomic E-state index is -1.11. The minimum absolute atomic E-state index is 0.220. The van der Waals surface area contributed by atoms with E-state index >= 15 is 0 Å². The van der Waals surface area contributed by atoms with Gasteiger partial charge in [0.15, 0.2) is 0 Å². The molecule has 0 radical (unpaired) electrons. The molecule has 0 aromatic carbocycles. The van der Waals surface area contributed by atoms with Crippen molar-refractivity contribution in [2.75, 3.05) is 6.54 Å². The molecule has 2 rings (SSSR count). The fraction of sp³-hybridized carbons (Fsp3) is 0.806. The van der Waals surface area contributed by atoms with Crippen LogP contribution in [0.1, 0.15) is 101 Å². The average molecular weight is 608 g/mol. The number of nitrogens with two attached hydrogens (primary N) is 1. The molecule has 2 aliphatic rings. The summed E-state index contributed by atoms with van der Waals surface area (Å²) >= 11 is 0. The summed E-state index contributed by atoms with van der Waals surface area (Å²) in [4.78, 5) is 79.5. The first-order valence-corrected chi connectivity index (χ1v) is 15.3. The second kappa shape index (κ2) is 13.6. The number of carbonyl (C=O) groups excluding carboxylic acids is 6. The van der Waals surface area contributed by atoms with Gasteiger partial charge < -0.3 is 31.3 Å². The molecule has 12 nitrogen and oxygen atoms in total. The van der Waals surface area contributed by atoms with E-state index in [2.05, 4.69) is 16.0 Å². The third-order valence-electron chi connectivity index (χ3n) is 8.09. The zero-order valence-corrected chi connectivity index (χ0v) is 27.6. The van der Waals surface area contributed by atoms with Gasteiger partial charge in [-0.25, -0.2) is 9.59 Å². The second-order valence-electron chi connectivity index (χ2n) is 15.3. The molecule has 5 atom stereocenters. The summed E-state index contributed by atoms with van der Waals surface area (Å²) < 4.78 is 5.52. The Morgan fingerprint density at radius 1 is 0.837 bits per heavy atom. The average Bonchev–Trinajstić information content (AvgIpc) is 3.20. The van der Waals surface area contributed by atoms with E-state index in [4.69, 9.17) is 10.5 Å². The lowest BCUT2D eigenvalue weighted by Gasteiger charge is -2.37. The summed E-state index contributed by atoms with van der Waals surface area (Å²) in [6.07, 6.45) is 3.71. The summed E-state index contributed by atoms with van der Waals surface area (Å²) in [5.74, 6) is -3.57. The number of nitrogens with one attached hydrogen (secondary N) is 3. The van der Waals surface area contributed by atoms with Crippen LogP contribution in [0.25, 0.3) is 0 Å². The maximum atomic E-state index is 14.0. The van der Waals surface area contributed by atoms with Crippen molar-refractivity contribution >= 4 is 35.5 Å². The molecule has 43 heavy (non-hydrogen) atoms. The van der Waals surface area contributed by atoms with E-state index in [0.29, 0.717) is 12.8 Å². The van der Waals surface area contributed by atoms with Crippen molar-refractivity contribution in [2.24, 2.45) is 28.4 Å². The topological polar surface area (TPSA) is 177 Å². The van der Waals surface area contributed by atoms with Crippen molar-refractivity contribution in [3.05, 3.63) is 0 Å². The van der Waals surface area contributed by atoms with Crippen LogP contribution in [0.3, 0.4) is 0 Å². The van der Waals surface area contributed by atoms with Gasteiger partial charge in [0.25, 0.3) is 5.91 Å². The Labute approximate surface area is 256 Å². The van der Waals surface area contributed by atoms with Gasteiger partial charge in [-0.2, -0.15) is 0 Å². The van der Waals surface area contributed by atoms with Crippen molar-refractivity contribution < 1.29 is 33.5 Å². The third kappa shape index (κ3) is 9.92. The Balaban J connectivity index is 2.26. The van der Waals surface area contributed by atoms with Crippen molar-refractivity contribution in [3.63, 3.8) is 0 Å². The highest BCUT2D eigenvalue weighted by Crippen LogP contribution is 2.32. The Morgan fingerprint density at radius 3 is 1.81 bits per heavy atom. The van der Waals surface area contributed by atoms with Gasteiger partial charge in [0.05, 0.1) is 6.04 Å². The molecule has 1 saturated heterocycles. The molecule has 1 aliphatic heterocycles. The van der Waals surface area contributed by atoms with Gasteiger partial charge >= 0.3 is 12.0 Å². The minimum Gasteiger partial charge on any atom is -0.458 e. The van der Waals surface area contributed by atoms with Crippen molar-refractivity contribution in [2.45, 2.75) is 131 Å². The molecule has 5 N–H and O–H groups in total. The molecule has 0 aromatic rings. The molecule has 12 heteroatoms. The van der Waals surface area contributed by atoms with Crippen LogP contribution in [0.5, 0.6) is 0 Å². The highest BCUT2D eigenvalue weighted by molar-refractivity contribution is 6.37. The number of ether oxygens (including phenoxy) is 1. The highest BCUT2D eigenvalue weighted by atomic mass is 16.6. The highest BCUT2D eigenvalue weighted by Gasteiger charge is 2.46. The summed E-state index contributed by atoms with van der Waals surface area (Å²) in [5.41, 5.74) is 3.06. The molecule has 0 bridgehead atoms. The predicted molar refractivity (Wildman–Crippen MR) is 161 cm³/mol. The predicted octanol–water partition coefficient (Wildman–Crippen LogP) is 2.42. The molecular weight excluding hydrogens is 554 g/mol. The number of Topliss-reactive ketones (excluding diaryl/α,β-unsaturated/α-hetero) is 1. The maximum Gasteiger partial charge on any atom is 0.329 e. The Morgan fingerprint density at radius 2 is 1.37 bits per heavy atom. The fourth-order valence-electron chi connectivity index (χ4n) is 5.42. The van der Waals surface area contributed by atoms with Gasteiger partial charge in [-0.15, -0.1) is 0 Å². The summed E-state index contributed by atoms with van der Waals surface area (Å²) in [7, 11) is 0. The quantitative estimate of drug-likeness (QED) is 0.218. The Bertz CT molecular complexity index is 1080. The number of carbonyl (C=O) groups is 6. The van der Waals surface area contributed by atoms with E-state index in [-0.39, 0.29) is 18.4 Å². The normalized spacial score (nSPS) is 21.6. The van der Waals surface area contributed by atoms with Crippen LogP contribution in [0.2, 0.25) is 0 Å². The van der Waals surface area contributed by atoms with Crippen LogP contribution in [0, 0.1) is 22.7 Å². The number of ketones is 1. The number of hydrogen-bond donors (Lipinski definition) is 4. The number of esters is 1.